The van der Waals surface area contributed by atoms with Crippen molar-refractivity contribution in [2.24, 2.45) is 5.73 Å². The van der Waals surface area contributed by atoms with Crippen LogP contribution < -0.4 is 10.5 Å². The third kappa shape index (κ3) is 3.78. The predicted molar refractivity (Wildman–Crippen MR) is 79.8 cm³/mol. The molecule has 0 bridgehead atoms. The minimum atomic E-state index is 0.0595. The van der Waals surface area contributed by atoms with E-state index in [0.29, 0.717) is 6.61 Å². The fourth-order valence-corrected chi connectivity index (χ4v) is 2.89. The summed E-state index contributed by atoms with van der Waals surface area (Å²) >= 11 is 1.69. The first-order chi connectivity index (χ1) is 9.06. The Morgan fingerprint density at radius 2 is 1.95 bits per heavy atom. The summed E-state index contributed by atoms with van der Waals surface area (Å²) < 4.78 is 5.71. The Labute approximate surface area is 118 Å². The zero-order valence-corrected chi connectivity index (χ0v) is 12.5. The molecule has 3 nitrogen and oxygen atoms in total. The zero-order chi connectivity index (χ0) is 13.8. The van der Waals surface area contributed by atoms with Crippen LogP contribution in [0.2, 0.25) is 0 Å². The van der Waals surface area contributed by atoms with Crippen molar-refractivity contribution in [1.29, 1.82) is 0 Å². The number of aryl methyl sites for hydroxylation is 2. The molecule has 2 aromatic rings. The highest BCUT2D eigenvalue weighted by atomic mass is 32.1. The van der Waals surface area contributed by atoms with Gasteiger partial charge in [-0.05, 0) is 32.9 Å². The van der Waals surface area contributed by atoms with Crippen molar-refractivity contribution in [2.45, 2.75) is 33.2 Å². The molecule has 4 heteroatoms. The van der Waals surface area contributed by atoms with Crippen LogP contribution in [-0.2, 0) is 6.42 Å². The van der Waals surface area contributed by atoms with Gasteiger partial charge in [0.05, 0.1) is 17.3 Å². The molecule has 0 saturated heterocycles. The zero-order valence-electron chi connectivity index (χ0n) is 11.6. The fourth-order valence-electron chi connectivity index (χ4n) is 1.89. The van der Waals surface area contributed by atoms with E-state index in [1.165, 1.54) is 10.4 Å². The molecule has 0 radical (unpaired) electrons. The molecule has 19 heavy (non-hydrogen) atoms. The molecule has 1 unspecified atom stereocenters. The van der Waals surface area contributed by atoms with E-state index >= 15 is 0 Å². The van der Waals surface area contributed by atoms with Gasteiger partial charge in [-0.3, -0.25) is 0 Å². The molecule has 1 atom stereocenters. The average molecular weight is 276 g/mol. The second-order valence-corrected chi connectivity index (χ2v) is 5.87. The topological polar surface area (TPSA) is 48.1 Å². The molecule has 0 aliphatic heterocycles. The number of nitrogens with two attached hydrogens (primary N) is 1. The number of rotatable bonds is 5. The number of nitrogens with zero attached hydrogens (tertiary/aromatic N) is 1. The normalized spacial score (nSPS) is 12.4. The number of ether oxygens (including phenoxy) is 1. The van der Waals surface area contributed by atoms with E-state index in [2.05, 4.69) is 24.0 Å². The van der Waals surface area contributed by atoms with Crippen molar-refractivity contribution < 1.29 is 4.74 Å². The van der Waals surface area contributed by atoms with Crippen molar-refractivity contribution in [2.75, 3.05) is 6.61 Å². The molecule has 102 valence electrons. The van der Waals surface area contributed by atoms with E-state index in [1.54, 1.807) is 11.3 Å². The molecule has 0 aliphatic carbocycles. The Balaban J connectivity index is 1.89. The summed E-state index contributed by atoms with van der Waals surface area (Å²) in [6.07, 6.45) is 0.825. The molecule has 1 heterocycles. The lowest BCUT2D eigenvalue weighted by atomic mass is 10.2. The van der Waals surface area contributed by atoms with Gasteiger partial charge in [0.2, 0.25) is 0 Å². The molecule has 0 aliphatic rings. The number of aromatic nitrogens is 1. The van der Waals surface area contributed by atoms with Crippen LogP contribution in [0.3, 0.4) is 0 Å². The summed E-state index contributed by atoms with van der Waals surface area (Å²) in [6, 6.07) is 8.16. The first-order valence-electron chi connectivity index (χ1n) is 6.47. The van der Waals surface area contributed by atoms with Crippen LogP contribution in [-0.4, -0.2) is 11.6 Å². The van der Waals surface area contributed by atoms with Crippen molar-refractivity contribution in [3.63, 3.8) is 0 Å². The van der Waals surface area contributed by atoms with Crippen LogP contribution >= 0.6 is 11.3 Å². The summed E-state index contributed by atoms with van der Waals surface area (Å²) in [7, 11) is 0. The molecular formula is C15H20N2OS. The van der Waals surface area contributed by atoms with Gasteiger partial charge in [0, 0.05) is 17.3 Å². The first-order valence-corrected chi connectivity index (χ1v) is 7.29. The first kappa shape index (κ1) is 14.0. The molecule has 2 rings (SSSR count). The Hall–Kier alpha value is -1.39. The Kier molecular flexibility index (Phi) is 4.56. The standard InChI is InChI=1S/C15H20N2OS/c1-10-4-6-13(7-5-10)18-9-8-14-17-12(3)15(19-14)11(2)16/h4-7,11H,8-9,16H2,1-3H3. The maximum absolute atomic E-state index is 5.90. The van der Waals surface area contributed by atoms with Crippen molar-refractivity contribution in [3.8, 4) is 5.75 Å². The quantitative estimate of drug-likeness (QED) is 0.910. The molecule has 1 aromatic heterocycles. The summed E-state index contributed by atoms with van der Waals surface area (Å²) in [5.74, 6) is 0.909. The van der Waals surface area contributed by atoms with Crippen LogP contribution in [0.25, 0.3) is 0 Å². The predicted octanol–water partition coefficient (Wildman–Crippen LogP) is 3.40. The number of hydrogen-bond acceptors (Lipinski definition) is 4. The summed E-state index contributed by atoms with van der Waals surface area (Å²) in [4.78, 5) is 5.71. The molecular weight excluding hydrogens is 256 g/mol. The van der Waals surface area contributed by atoms with Gasteiger partial charge >= 0.3 is 0 Å². The summed E-state index contributed by atoms with van der Waals surface area (Å²) in [6.45, 7) is 6.72. The van der Waals surface area contributed by atoms with Gasteiger partial charge < -0.3 is 10.5 Å². The highest BCUT2D eigenvalue weighted by Gasteiger charge is 2.10. The van der Waals surface area contributed by atoms with E-state index in [4.69, 9.17) is 10.5 Å². The Morgan fingerprint density at radius 1 is 1.26 bits per heavy atom. The Bertz CT molecular complexity index is 532. The molecule has 0 fully saturated rings. The lowest BCUT2D eigenvalue weighted by molar-refractivity contribution is 0.321. The highest BCUT2D eigenvalue weighted by molar-refractivity contribution is 7.11. The van der Waals surface area contributed by atoms with Gasteiger partial charge in [-0.15, -0.1) is 11.3 Å². The maximum Gasteiger partial charge on any atom is 0.119 e. The van der Waals surface area contributed by atoms with Gasteiger partial charge in [-0.2, -0.15) is 0 Å². The van der Waals surface area contributed by atoms with E-state index in [-0.39, 0.29) is 6.04 Å². The number of hydrogen-bond donors (Lipinski definition) is 1. The third-order valence-electron chi connectivity index (χ3n) is 2.90. The molecule has 0 spiro atoms. The second-order valence-electron chi connectivity index (χ2n) is 4.76. The second kappa shape index (κ2) is 6.17. The molecule has 2 N–H and O–H groups in total. The molecule has 0 saturated carbocycles. The highest BCUT2D eigenvalue weighted by Crippen LogP contribution is 2.23. The van der Waals surface area contributed by atoms with Crippen LogP contribution in [0.5, 0.6) is 5.75 Å². The van der Waals surface area contributed by atoms with Gasteiger partial charge in [0.25, 0.3) is 0 Å². The number of benzene rings is 1. The van der Waals surface area contributed by atoms with Crippen LogP contribution in [0.15, 0.2) is 24.3 Å². The van der Waals surface area contributed by atoms with Crippen molar-refractivity contribution in [1.82, 2.24) is 4.98 Å². The van der Waals surface area contributed by atoms with Gasteiger partial charge in [-0.1, -0.05) is 17.7 Å². The van der Waals surface area contributed by atoms with E-state index in [0.717, 1.165) is 22.9 Å². The SMILES string of the molecule is Cc1ccc(OCCc2nc(C)c(C(C)N)s2)cc1. The lowest BCUT2D eigenvalue weighted by Crippen LogP contribution is -2.03. The van der Waals surface area contributed by atoms with Gasteiger partial charge in [-0.25, -0.2) is 4.98 Å². The number of thiazole rings is 1. The largest absolute Gasteiger partial charge is 0.493 e. The van der Waals surface area contributed by atoms with E-state index < -0.39 is 0 Å². The third-order valence-corrected chi connectivity index (χ3v) is 4.31. The Morgan fingerprint density at radius 3 is 2.53 bits per heavy atom. The van der Waals surface area contributed by atoms with Crippen molar-refractivity contribution in [3.05, 3.63) is 45.4 Å². The van der Waals surface area contributed by atoms with Crippen LogP contribution in [0.4, 0.5) is 0 Å². The van der Waals surface area contributed by atoms with Gasteiger partial charge in [0.15, 0.2) is 0 Å². The monoisotopic (exact) mass is 276 g/mol. The van der Waals surface area contributed by atoms with Crippen molar-refractivity contribution >= 4 is 11.3 Å². The fraction of sp³-hybridized carbons (Fsp3) is 0.400. The minimum absolute atomic E-state index is 0.0595. The smallest absolute Gasteiger partial charge is 0.119 e. The van der Waals surface area contributed by atoms with E-state index in [1.807, 2.05) is 26.0 Å². The van der Waals surface area contributed by atoms with Crippen LogP contribution in [0, 0.1) is 13.8 Å². The lowest BCUT2D eigenvalue weighted by Gasteiger charge is -2.04. The molecule has 0 amide bonds. The average Bonchev–Trinajstić information content (AvgIpc) is 2.73. The maximum atomic E-state index is 5.90. The summed E-state index contributed by atoms with van der Waals surface area (Å²) in [5.41, 5.74) is 8.19. The molecule has 1 aromatic carbocycles. The minimum Gasteiger partial charge on any atom is -0.493 e. The summed E-state index contributed by atoms with van der Waals surface area (Å²) in [5, 5.41) is 1.09. The van der Waals surface area contributed by atoms with Gasteiger partial charge in [0.1, 0.15) is 5.75 Å². The van der Waals surface area contributed by atoms with Crippen LogP contribution in [0.1, 0.15) is 34.1 Å². The van der Waals surface area contributed by atoms with E-state index in [9.17, 15) is 0 Å².